The fraction of sp³-hybridized carbons (Fsp3) is 0.412. The number of halogens is 1. The van der Waals surface area contributed by atoms with Crippen molar-refractivity contribution in [3.8, 4) is 6.01 Å². The van der Waals surface area contributed by atoms with Crippen molar-refractivity contribution in [1.29, 1.82) is 0 Å². The van der Waals surface area contributed by atoms with Gasteiger partial charge >= 0.3 is 18.1 Å². The molecule has 1 amide bonds. The van der Waals surface area contributed by atoms with E-state index in [9.17, 15) is 14.0 Å². The van der Waals surface area contributed by atoms with Gasteiger partial charge in [0.15, 0.2) is 18.2 Å². The number of allylic oxidation sites excluding steroid dienone is 2. The molecule has 0 radical (unpaired) electrons. The molecule has 1 heterocycles. The molecule has 1 unspecified atom stereocenters. The van der Waals surface area contributed by atoms with E-state index >= 15 is 0 Å². The summed E-state index contributed by atoms with van der Waals surface area (Å²) in [6.07, 6.45) is 6.80. The van der Waals surface area contributed by atoms with Crippen molar-refractivity contribution in [3.05, 3.63) is 35.8 Å². The summed E-state index contributed by atoms with van der Waals surface area (Å²) in [5, 5.41) is 2.09. The number of carbonyl (C=O) groups is 2. The predicted octanol–water partition coefficient (Wildman–Crippen LogP) is 2.63. The van der Waals surface area contributed by atoms with Crippen LogP contribution in [-0.2, 0) is 14.3 Å². The molecule has 0 fully saturated rings. The number of hydrogen-bond acceptors (Lipinski definition) is 7. The average Bonchev–Trinajstić information content (AvgIpc) is 2.62. The molecule has 1 aromatic rings. The van der Waals surface area contributed by atoms with Gasteiger partial charge in [-0.15, -0.1) is 0 Å². The summed E-state index contributed by atoms with van der Waals surface area (Å²) in [7, 11) is 0. The molecule has 0 spiro atoms. The topological polar surface area (TPSA) is 99.6 Å². The Balaban J connectivity index is 1.89. The van der Waals surface area contributed by atoms with Crippen LogP contribution in [0.5, 0.6) is 6.01 Å². The van der Waals surface area contributed by atoms with Crippen LogP contribution in [0.3, 0.4) is 0 Å². The summed E-state index contributed by atoms with van der Waals surface area (Å²) in [6.45, 7) is 3.52. The minimum atomic E-state index is -1.05. The van der Waals surface area contributed by atoms with Gasteiger partial charge in [0.2, 0.25) is 0 Å². The fourth-order valence-electron chi connectivity index (χ4n) is 1.99. The lowest BCUT2D eigenvalue weighted by molar-refractivity contribution is -0.146. The van der Waals surface area contributed by atoms with Crippen molar-refractivity contribution in [3.63, 3.8) is 0 Å². The normalized spacial score (nSPS) is 15.8. The Hall–Kier alpha value is -2.97. The van der Waals surface area contributed by atoms with Crippen LogP contribution in [0.25, 0.3) is 0 Å². The lowest BCUT2D eigenvalue weighted by Crippen LogP contribution is -2.21. The lowest BCUT2D eigenvalue weighted by Gasteiger charge is -2.12. The largest absolute Gasteiger partial charge is 0.463 e. The SMILES string of the molecule is CCOC(=O)COC(=O)Nc1nc(OCC2=CCC(C)C=C2)ncc1F. The fourth-order valence-corrected chi connectivity index (χ4v) is 1.99. The standard InChI is InChI=1S/C17H20FN3O5/c1-3-24-14(22)10-26-17(23)21-15-13(18)8-19-16(20-15)25-9-12-6-4-11(2)5-7-12/h4,6-8,11H,3,5,9-10H2,1-2H3,(H,19,20,21,23). The molecular formula is C17H20FN3O5. The second-order valence-corrected chi connectivity index (χ2v) is 5.50. The van der Waals surface area contributed by atoms with Crippen molar-refractivity contribution in [2.75, 3.05) is 25.1 Å². The molecule has 1 aliphatic rings. The van der Waals surface area contributed by atoms with E-state index in [1.807, 2.05) is 12.2 Å². The van der Waals surface area contributed by atoms with Gasteiger partial charge in [-0.25, -0.2) is 19.0 Å². The Bertz CT molecular complexity index is 720. The van der Waals surface area contributed by atoms with Gasteiger partial charge in [-0.1, -0.05) is 25.2 Å². The molecule has 1 aliphatic carbocycles. The molecule has 0 saturated heterocycles. The highest BCUT2D eigenvalue weighted by molar-refractivity contribution is 5.85. The molecule has 1 atom stereocenters. The molecule has 0 aliphatic heterocycles. The maximum Gasteiger partial charge on any atom is 0.413 e. The molecule has 140 valence electrons. The Morgan fingerprint density at radius 3 is 2.88 bits per heavy atom. The lowest BCUT2D eigenvalue weighted by atomic mass is 9.99. The number of rotatable bonds is 7. The van der Waals surface area contributed by atoms with Gasteiger partial charge in [-0.2, -0.15) is 4.98 Å². The van der Waals surface area contributed by atoms with Gasteiger partial charge in [0.1, 0.15) is 6.61 Å². The van der Waals surface area contributed by atoms with Crippen molar-refractivity contribution < 1.29 is 28.2 Å². The first-order chi connectivity index (χ1) is 12.5. The van der Waals surface area contributed by atoms with Crippen LogP contribution in [0.2, 0.25) is 0 Å². The number of aromatic nitrogens is 2. The summed E-state index contributed by atoms with van der Waals surface area (Å²) in [5.41, 5.74) is 0.958. The van der Waals surface area contributed by atoms with Gasteiger partial charge < -0.3 is 14.2 Å². The molecule has 0 bridgehead atoms. The highest BCUT2D eigenvalue weighted by Gasteiger charge is 2.14. The van der Waals surface area contributed by atoms with E-state index in [-0.39, 0.29) is 19.2 Å². The molecule has 26 heavy (non-hydrogen) atoms. The van der Waals surface area contributed by atoms with Gasteiger partial charge in [0.05, 0.1) is 12.8 Å². The van der Waals surface area contributed by atoms with Crippen LogP contribution >= 0.6 is 0 Å². The average molecular weight is 365 g/mol. The van der Waals surface area contributed by atoms with E-state index in [0.717, 1.165) is 18.2 Å². The van der Waals surface area contributed by atoms with Crippen LogP contribution in [-0.4, -0.2) is 41.9 Å². The van der Waals surface area contributed by atoms with Gasteiger partial charge in [0, 0.05) is 0 Å². The Kier molecular flexibility index (Phi) is 7.07. The summed E-state index contributed by atoms with van der Waals surface area (Å²) >= 11 is 0. The van der Waals surface area contributed by atoms with Crippen LogP contribution in [0, 0.1) is 11.7 Å². The quantitative estimate of drug-likeness (QED) is 0.742. The third-order valence-electron chi connectivity index (χ3n) is 3.33. The highest BCUT2D eigenvalue weighted by atomic mass is 19.1. The Labute approximate surface area is 150 Å². The van der Waals surface area contributed by atoms with Gasteiger partial charge in [-0.05, 0) is 24.8 Å². The van der Waals surface area contributed by atoms with Crippen LogP contribution in [0.15, 0.2) is 30.0 Å². The zero-order chi connectivity index (χ0) is 18.9. The number of hydrogen-bond donors (Lipinski definition) is 1. The van der Waals surface area contributed by atoms with Crippen molar-refractivity contribution in [2.45, 2.75) is 20.3 Å². The minimum absolute atomic E-state index is 0.0972. The molecule has 0 saturated carbocycles. The molecular weight excluding hydrogens is 345 g/mol. The number of ether oxygens (including phenoxy) is 3. The maximum atomic E-state index is 13.7. The summed E-state index contributed by atoms with van der Waals surface area (Å²) in [5.74, 6) is -1.50. The second kappa shape index (κ2) is 9.50. The third kappa shape index (κ3) is 6.15. The second-order valence-electron chi connectivity index (χ2n) is 5.50. The molecule has 2 rings (SSSR count). The highest BCUT2D eigenvalue weighted by Crippen LogP contribution is 2.17. The Morgan fingerprint density at radius 1 is 1.38 bits per heavy atom. The molecule has 9 heteroatoms. The predicted molar refractivity (Wildman–Crippen MR) is 90.1 cm³/mol. The van der Waals surface area contributed by atoms with Crippen molar-refractivity contribution >= 4 is 17.9 Å². The summed E-state index contributed by atoms with van der Waals surface area (Å²) in [4.78, 5) is 30.2. The molecule has 1 aromatic heterocycles. The van der Waals surface area contributed by atoms with E-state index in [2.05, 4.69) is 37.8 Å². The number of anilines is 1. The molecule has 1 N–H and O–H groups in total. The van der Waals surface area contributed by atoms with Crippen LogP contribution in [0.4, 0.5) is 15.0 Å². The van der Waals surface area contributed by atoms with E-state index < -0.39 is 30.3 Å². The van der Waals surface area contributed by atoms with E-state index in [1.165, 1.54) is 0 Å². The van der Waals surface area contributed by atoms with Crippen molar-refractivity contribution in [2.24, 2.45) is 5.92 Å². The number of amides is 1. The minimum Gasteiger partial charge on any atom is -0.463 e. The number of nitrogens with zero attached hydrogens (tertiary/aromatic N) is 2. The zero-order valence-electron chi connectivity index (χ0n) is 14.5. The number of carbonyl (C=O) groups excluding carboxylic acids is 2. The van der Waals surface area contributed by atoms with Gasteiger partial charge in [-0.3, -0.25) is 5.32 Å². The molecule has 0 aromatic carbocycles. The smallest absolute Gasteiger partial charge is 0.413 e. The maximum absolute atomic E-state index is 13.7. The third-order valence-corrected chi connectivity index (χ3v) is 3.33. The summed E-state index contributed by atoms with van der Waals surface area (Å²) < 4.78 is 28.4. The monoisotopic (exact) mass is 365 g/mol. The Morgan fingerprint density at radius 2 is 2.19 bits per heavy atom. The summed E-state index contributed by atoms with van der Waals surface area (Å²) in [6, 6.07) is -0.0972. The first-order valence-electron chi connectivity index (χ1n) is 8.10. The first kappa shape index (κ1) is 19.4. The van der Waals surface area contributed by atoms with Crippen LogP contribution < -0.4 is 10.1 Å². The van der Waals surface area contributed by atoms with Gasteiger partial charge in [0.25, 0.3) is 0 Å². The van der Waals surface area contributed by atoms with Crippen molar-refractivity contribution in [1.82, 2.24) is 9.97 Å². The first-order valence-corrected chi connectivity index (χ1v) is 8.10. The van der Waals surface area contributed by atoms with E-state index in [4.69, 9.17) is 4.74 Å². The molecule has 8 nitrogen and oxygen atoms in total. The number of nitrogens with one attached hydrogen (secondary N) is 1. The zero-order valence-corrected chi connectivity index (χ0v) is 14.5. The van der Waals surface area contributed by atoms with E-state index in [0.29, 0.717) is 5.92 Å². The van der Waals surface area contributed by atoms with Crippen LogP contribution in [0.1, 0.15) is 20.3 Å². The van der Waals surface area contributed by atoms with E-state index in [1.54, 1.807) is 6.92 Å². The number of esters is 1.